The molecule has 1 aromatic carbocycles. The summed E-state index contributed by atoms with van der Waals surface area (Å²) in [6, 6.07) is 7.63. The molecular weight excluding hydrogens is 314 g/mol. The summed E-state index contributed by atoms with van der Waals surface area (Å²) in [6.07, 6.45) is 1.09. The van der Waals surface area contributed by atoms with E-state index in [4.69, 9.17) is 11.6 Å². The molecule has 0 aliphatic carbocycles. The lowest BCUT2D eigenvalue weighted by molar-refractivity contribution is -0.129. The zero-order valence-electron chi connectivity index (χ0n) is 13.7. The minimum atomic E-state index is -0.227. The molecular formula is C17H24ClN3O2. The van der Waals surface area contributed by atoms with Gasteiger partial charge >= 0.3 is 0 Å². The van der Waals surface area contributed by atoms with Crippen LogP contribution in [0.5, 0.6) is 0 Å². The molecule has 1 saturated heterocycles. The first kappa shape index (κ1) is 17.8. The molecule has 1 atom stereocenters. The highest BCUT2D eigenvalue weighted by molar-refractivity contribution is 6.30. The van der Waals surface area contributed by atoms with E-state index >= 15 is 0 Å². The summed E-state index contributed by atoms with van der Waals surface area (Å²) in [6.45, 7) is 2.57. The number of likely N-dealkylation sites (N-methyl/N-ethyl adjacent to an activating group) is 1. The van der Waals surface area contributed by atoms with Gasteiger partial charge in [0, 0.05) is 37.6 Å². The van der Waals surface area contributed by atoms with Crippen LogP contribution in [0.1, 0.15) is 12.0 Å². The molecule has 1 N–H and O–H groups in total. The molecule has 0 bridgehead atoms. The van der Waals surface area contributed by atoms with Crippen LogP contribution in [0.4, 0.5) is 0 Å². The normalized spacial score (nSPS) is 17.8. The van der Waals surface area contributed by atoms with E-state index in [2.05, 4.69) is 5.32 Å². The van der Waals surface area contributed by atoms with E-state index in [1.54, 1.807) is 4.90 Å². The Balaban J connectivity index is 1.78. The Kier molecular flexibility index (Phi) is 6.42. The number of nitrogens with zero attached hydrogens (tertiary/aromatic N) is 2. The molecule has 1 fully saturated rings. The zero-order valence-corrected chi connectivity index (χ0v) is 14.5. The second-order valence-corrected chi connectivity index (χ2v) is 6.65. The molecule has 2 amide bonds. The number of benzene rings is 1. The van der Waals surface area contributed by atoms with Crippen LogP contribution >= 0.6 is 11.6 Å². The SMILES string of the molecule is CN(C)CCNC(=O)C1CC(=O)N(CCc2ccc(Cl)cc2)C1. The maximum absolute atomic E-state index is 12.1. The first-order valence-electron chi connectivity index (χ1n) is 7.90. The molecule has 126 valence electrons. The fourth-order valence-corrected chi connectivity index (χ4v) is 2.75. The largest absolute Gasteiger partial charge is 0.355 e. The van der Waals surface area contributed by atoms with Crippen molar-refractivity contribution in [2.45, 2.75) is 12.8 Å². The maximum atomic E-state index is 12.1. The van der Waals surface area contributed by atoms with Gasteiger partial charge < -0.3 is 15.1 Å². The van der Waals surface area contributed by atoms with Crippen LogP contribution in [-0.4, -0.2) is 61.9 Å². The van der Waals surface area contributed by atoms with E-state index in [0.717, 1.165) is 18.5 Å². The minimum Gasteiger partial charge on any atom is -0.355 e. The molecule has 1 aliphatic rings. The fourth-order valence-electron chi connectivity index (χ4n) is 2.63. The molecule has 1 unspecified atom stereocenters. The Morgan fingerprint density at radius 3 is 2.70 bits per heavy atom. The molecule has 1 heterocycles. The molecule has 0 spiro atoms. The first-order chi connectivity index (χ1) is 11.0. The van der Waals surface area contributed by atoms with E-state index in [-0.39, 0.29) is 17.7 Å². The Labute approximate surface area is 142 Å². The Bertz CT molecular complexity index is 545. The molecule has 1 aromatic rings. The monoisotopic (exact) mass is 337 g/mol. The number of rotatable bonds is 7. The molecule has 1 aliphatic heterocycles. The highest BCUT2D eigenvalue weighted by Gasteiger charge is 2.33. The summed E-state index contributed by atoms with van der Waals surface area (Å²) in [5.41, 5.74) is 1.14. The van der Waals surface area contributed by atoms with Gasteiger partial charge in [0.2, 0.25) is 11.8 Å². The van der Waals surface area contributed by atoms with Crippen molar-refractivity contribution in [2.24, 2.45) is 5.92 Å². The van der Waals surface area contributed by atoms with Gasteiger partial charge in [-0.25, -0.2) is 0 Å². The van der Waals surface area contributed by atoms with Crippen molar-refractivity contribution in [1.82, 2.24) is 15.1 Å². The summed E-state index contributed by atoms with van der Waals surface area (Å²) in [5, 5.41) is 3.61. The smallest absolute Gasteiger partial charge is 0.225 e. The second-order valence-electron chi connectivity index (χ2n) is 6.21. The van der Waals surface area contributed by atoms with Gasteiger partial charge in [-0.3, -0.25) is 9.59 Å². The molecule has 2 rings (SSSR count). The molecule has 5 nitrogen and oxygen atoms in total. The molecule has 0 radical (unpaired) electrons. The zero-order chi connectivity index (χ0) is 16.8. The van der Waals surface area contributed by atoms with Crippen molar-refractivity contribution in [1.29, 1.82) is 0 Å². The third-order valence-electron chi connectivity index (χ3n) is 4.03. The van der Waals surface area contributed by atoms with Gasteiger partial charge in [0.05, 0.1) is 5.92 Å². The number of amides is 2. The van der Waals surface area contributed by atoms with E-state index < -0.39 is 0 Å². The first-order valence-corrected chi connectivity index (χ1v) is 8.28. The van der Waals surface area contributed by atoms with Gasteiger partial charge in [-0.1, -0.05) is 23.7 Å². The van der Waals surface area contributed by atoms with Gasteiger partial charge in [-0.05, 0) is 38.2 Å². The number of hydrogen-bond donors (Lipinski definition) is 1. The van der Waals surface area contributed by atoms with Crippen LogP contribution in [0.2, 0.25) is 5.02 Å². The van der Waals surface area contributed by atoms with Gasteiger partial charge in [0.15, 0.2) is 0 Å². The number of hydrogen-bond acceptors (Lipinski definition) is 3. The van der Waals surface area contributed by atoms with E-state index in [1.165, 1.54) is 0 Å². The number of halogens is 1. The topological polar surface area (TPSA) is 52.7 Å². The molecule has 23 heavy (non-hydrogen) atoms. The highest BCUT2D eigenvalue weighted by atomic mass is 35.5. The predicted octanol–water partition coefficient (Wildman–Crippen LogP) is 1.41. The van der Waals surface area contributed by atoms with Gasteiger partial charge in [0.1, 0.15) is 0 Å². The van der Waals surface area contributed by atoms with E-state index in [9.17, 15) is 9.59 Å². The van der Waals surface area contributed by atoms with E-state index in [1.807, 2.05) is 43.3 Å². The fraction of sp³-hybridized carbons (Fsp3) is 0.529. The highest BCUT2D eigenvalue weighted by Crippen LogP contribution is 2.19. The lowest BCUT2D eigenvalue weighted by Gasteiger charge is -2.17. The number of nitrogens with one attached hydrogen (secondary N) is 1. The minimum absolute atomic E-state index is 0.0193. The molecule has 0 aromatic heterocycles. The standard InChI is InChI=1S/C17H24ClN3O2/c1-20(2)10-8-19-17(23)14-11-16(22)21(12-14)9-7-13-3-5-15(18)6-4-13/h3-6,14H,7-12H2,1-2H3,(H,19,23). The van der Waals surface area contributed by atoms with Gasteiger partial charge in [0.25, 0.3) is 0 Å². The molecule has 6 heteroatoms. The third kappa shape index (κ3) is 5.52. The molecule has 0 saturated carbocycles. The third-order valence-corrected chi connectivity index (χ3v) is 4.28. The Hall–Kier alpha value is -1.59. The lowest BCUT2D eigenvalue weighted by Crippen LogP contribution is -2.37. The van der Waals surface area contributed by atoms with Crippen LogP contribution in [0.3, 0.4) is 0 Å². The summed E-state index contributed by atoms with van der Waals surface area (Å²) in [5.74, 6) is -0.184. The number of carbonyl (C=O) groups is 2. The quantitative estimate of drug-likeness (QED) is 0.818. The van der Waals surface area contributed by atoms with Crippen molar-refractivity contribution in [3.8, 4) is 0 Å². The van der Waals surface area contributed by atoms with Gasteiger partial charge in [-0.2, -0.15) is 0 Å². The van der Waals surface area contributed by atoms with Crippen molar-refractivity contribution in [3.63, 3.8) is 0 Å². The number of likely N-dealkylation sites (tertiary alicyclic amines) is 1. The maximum Gasteiger partial charge on any atom is 0.225 e. The summed E-state index contributed by atoms with van der Waals surface area (Å²) in [4.78, 5) is 28.0. The number of carbonyl (C=O) groups excluding carboxylic acids is 2. The average Bonchev–Trinajstić information content (AvgIpc) is 2.87. The van der Waals surface area contributed by atoms with Crippen LogP contribution < -0.4 is 5.32 Å². The van der Waals surface area contributed by atoms with Crippen molar-refractivity contribution < 1.29 is 9.59 Å². The van der Waals surface area contributed by atoms with Crippen molar-refractivity contribution in [3.05, 3.63) is 34.9 Å². The second kappa shape index (κ2) is 8.31. The van der Waals surface area contributed by atoms with Crippen LogP contribution in [0.15, 0.2) is 24.3 Å². The lowest BCUT2D eigenvalue weighted by atomic mass is 10.1. The van der Waals surface area contributed by atoms with Crippen LogP contribution in [0.25, 0.3) is 0 Å². The van der Waals surface area contributed by atoms with Crippen molar-refractivity contribution >= 4 is 23.4 Å². The summed E-state index contributed by atoms with van der Waals surface area (Å²) in [7, 11) is 3.92. The summed E-state index contributed by atoms with van der Waals surface area (Å²) < 4.78 is 0. The van der Waals surface area contributed by atoms with Crippen LogP contribution in [-0.2, 0) is 16.0 Å². The van der Waals surface area contributed by atoms with Gasteiger partial charge in [-0.15, -0.1) is 0 Å². The Morgan fingerprint density at radius 1 is 1.35 bits per heavy atom. The van der Waals surface area contributed by atoms with E-state index in [0.29, 0.717) is 31.1 Å². The van der Waals surface area contributed by atoms with Crippen molar-refractivity contribution in [2.75, 3.05) is 40.3 Å². The predicted molar refractivity (Wildman–Crippen MR) is 91.4 cm³/mol. The average molecular weight is 338 g/mol. The Morgan fingerprint density at radius 2 is 2.04 bits per heavy atom. The summed E-state index contributed by atoms with van der Waals surface area (Å²) >= 11 is 5.87. The van der Waals surface area contributed by atoms with Crippen LogP contribution in [0, 0.1) is 5.92 Å².